The fraction of sp³-hybridized carbons (Fsp3) is 0.500. The molecule has 8 heteroatoms. The van der Waals surface area contributed by atoms with Gasteiger partial charge in [0.25, 0.3) is 0 Å². The highest BCUT2D eigenvalue weighted by atomic mass is 35.5. The molecule has 0 spiro atoms. The molecule has 0 saturated carbocycles. The van der Waals surface area contributed by atoms with Crippen molar-refractivity contribution in [2.75, 3.05) is 28.9 Å². The molecule has 22 heavy (non-hydrogen) atoms. The molecule has 1 fully saturated rings. The van der Waals surface area contributed by atoms with E-state index in [2.05, 4.69) is 15.4 Å². The molecular weight excluding hydrogens is 326 g/mol. The summed E-state index contributed by atoms with van der Waals surface area (Å²) < 4.78 is 25.4. The van der Waals surface area contributed by atoms with Crippen molar-refractivity contribution in [1.82, 2.24) is 5.32 Å². The zero-order valence-electron chi connectivity index (χ0n) is 12.5. The van der Waals surface area contributed by atoms with E-state index in [0.29, 0.717) is 17.9 Å². The van der Waals surface area contributed by atoms with Crippen LogP contribution in [0.1, 0.15) is 19.8 Å². The lowest BCUT2D eigenvalue weighted by atomic mass is 9.99. The molecule has 0 aromatic heterocycles. The lowest BCUT2D eigenvalue weighted by Gasteiger charge is -2.21. The standard InChI is InChI=1S/C14H21N3O3S.ClH/c1-2-21(19,20)17-13-7-5-12(6-8-13)16-14(18)11-4-3-9-15-10-11;/h5-8,11,15,17H,2-4,9-10H2,1H3,(H,16,18);1H. The summed E-state index contributed by atoms with van der Waals surface area (Å²) in [5, 5.41) is 6.06. The van der Waals surface area contributed by atoms with Crippen LogP contribution in [0.25, 0.3) is 0 Å². The summed E-state index contributed by atoms with van der Waals surface area (Å²) in [5.41, 5.74) is 1.17. The third-order valence-electron chi connectivity index (χ3n) is 3.47. The van der Waals surface area contributed by atoms with Crippen LogP contribution in [-0.2, 0) is 14.8 Å². The van der Waals surface area contributed by atoms with Gasteiger partial charge in [-0.25, -0.2) is 8.42 Å². The van der Waals surface area contributed by atoms with E-state index in [1.807, 2.05) is 0 Å². The topological polar surface area (TPSA) is 87.3 Å². The van der Waals surface area contributed by atoms with E-state index in [0.717, 1.165) is 19.4 Å². The van der Waals surface area contributed by atoms with Gasteiger partial charge in [-0.05, 0) is 50.6 Å². The summed E-state index contributed by atoms with van der Waals surface area (Å²) in [7, 11) is -3.27. The van der Waals surface area contributed by atoms with Crippen molar-refractivity contribution < 1.29 is 13.2 Å². The molecule has 0 bridgehead atoms. The summed E-state index contributed by atoms with van der Waals surface area (Å²) in [4.78, 5) is 12.1. The summed E-state index contributed by atoms with van der Waals surface area (Å²) in [6.07, 6.45) is 1.91. The quantitative estimate of drug-likeness (QED) is 0.758. The Morgan fingerprint density at radius 2 is 1.91 bits per heavy atom. The monoisotopic (exact) mass is 347 g/mol. The number of anilines is 2. The number of piperidine rings is 1. The minimum Gasteiger partial charge on any atom is -0.326 e. The number of carbonyl (C=O) groups is 1. The minimum absolute atomic E-state index is 0. The molecule has 3 N–H and O–H groups in total. The van der Waals surface area contributed by atoms with Crippen LogP contribution in [-0.4, -0.2) is 33.2 Å². The van der Waals surface area contributed by atoms with Gasteiger partial charge in [0.2, 0.25) is 15.9 Å². The second-order valence-corrected chi connectivity index (χ2v) is 7.13. The van der Waals surface area contributed by atoms with Crippen LogP contribution in [0.15, 0.2) is 24.3 Å². The van der Waals surface area contributed by atoms with Gasteiger partial charge in [-0.3, -0.25) is 9.52 Å². The van der Waals surface area contributed by atoms with Crippen LogP contribution in [0, 0.1) is 5.92 Å². The van der Waals surface area contributed by atoms with Gasteiger partial charge in [-0.1, -0.05) is 0 Å². The van der Waals surface area contributed by atoms with E-state index in [9.17, 15) is 13.2 Å². The van der Waals surface area contributed by atoms with Crippen LogP contribution in [0.5, 0.6) is 0 Å². The Hall–Kier alpha value is -1.31. The number of hydrogen-bond acceptors (Lipinski definition) is 4. The molecule has 1 aliphatic heterocycles. The average molecular weight is 348 g/mol. The fourth-order valence-corrected chi connectivity index (χ4v) is 2.83. The number of sulfonamides is 1. The van der Waals surface area contributed by atoms with Crippen molar-refractivity contribution in [2.45, 2.75) is 19.8 Å². The van der Waals surface area contributed by atoms with Crippen LogP contribution in [0.2, 0.25) is 0 Å². The number of carbonyl (C=O) groups excluding carboxylic acids is 1. The van der Waals surface area contributed by atoms with E-state index in [-0.39, 0.29) is 30.0 Å². The second-order valence-electron chi connectivity index (χ2n) is 5.12. The van der Waals surface area contributed by atoms with Crippen LogP contribution < -0.4 is 15.4 Å². The number of hydrogen-bond donors (Lipinski definition) is 3. The number of rotatable bonds is 5. The zero-order chi connectivity index (χ0) is 15.3. The van der Waals surface area contributed by atoms with Gasteiger partial charge in [-0.2, -0.15) is 0 Å². The average Bonchev–Trinajstić information content (AvgIpc) is 2.50. The Balaban J connectivity index is 0.00000242. The Morgan fingerprint density at radius 3 is 2.45 bits per heavy atom. The predicted molar refractivity (Wildman–Crippen MR) is 91.0 cm³/mol. The smallest absolute Gasteiger partial charge is 0.232 e. The first-order valence-corrected chi connectivity index (χ1v) is 8.77. The minimum atomic E-state index is -3.27. The van der Waals surface area contributed by atoms with Gasteiger partial charge < -0.3 is 10.6 Å². The van der Waals surface area contributed by atoms with Gasteiger partial charge >= 0.3 is 0 Å². The van der Waals surface area contributed by atoms with Gasteiger partial charge in [0, 0.05) is 17.9 Å². The zero-order valence-corrected chi connectivity index (χ0v) is 14.1. The first-order valence-electron chi connectivity index (χ1n) is 7.12. The second kappa shape index (κ2) is 8.36. The lowest BCUT2D eigenvalue weighted by Crippen LogP contribution is -2.37. The van der Waals surface area contributed by atoms with Gasteiger partial charge in [0.15, 0.2) is 0 Å². The fourth-order valence-electron chi connectivity index (χ4n) is 2.19. The third kappa shape index (κ3) is 5.47. The summed E-state index contributed by atoms with van der Waals surface area (Å²) in [6.45, 7) is 3.26. The molecule has 124 valence electrons. The Bertz CT molecular complexity index is 584. The molecule has 1 amide bonds. The summed E-state index contributed by atoms with van der Waals surface area (Å²) in [6, 6.07) is 6.67. The third-order valence-corrected chi connectivity index (χ3v) is 4.78. The molecule has 0 radical (unpaired) electrons. The molecular formula is C14H22ClN3O3S. The highest BCUT2D eigenvalue weighted by Crippen LogP contribution is 2.17. The van der Waals surface area contributed by atoms with E-state index in [1.165, 1.54) is 0 Å². The van der Waals surface area contributed by atoms with Crippen LogP contribution >= 0.6 is 12.4 Å². The van der Waals surface area contributed by atoms with Crippen LogP contribution in [0.4, 0.5) is 11.4 Å². The molecule has 1 atom stereocenters. The first kappa shape index (κ1) is 18.7. The Labute approximate surface area is 137 Å². The predicted octanol–water partition coefficient (Wildman–Crippen LogP) is 1.81. The summed E-state index contributed by atoms with van der Waals surface area (Å²) in [5.74, 6) is 0.0290. The van der Waals surface area contributed by atoms with Gasteiger partial charge in [0.05, 0.1) is 11.7 Å². The van der Waals surface area contributed by atoms with Crippen molar-refractivity contribution >= 4 is 39.7 Å². The molecule has 1 aromatic rings. The van der Waals surface area contributed by atoms with Crippen molar-refractivity contribution in [2.24, 2.45) is 5.92 Å². The highest BCUT2D eigenvalue weighted by molar-refractivity contribution is 7.92. The van der Waals surface area contributed by atoms with Gasteiger partial charge in [-0.15, -0.1) is 12.4 Å². The number of halogens is 1. The number of nitrogens with one attached hydrogen (secondary N) is 3. The number of benzene rings is 1. The number of amides is 1. The van der Waals surface area contributed by atoms with E-state index >= 15 is 0 Å². The largest absolute Gasteiger partial charge is 0.326 e. The molecule has 1 saturated heterocycles. The van der Waals surface area contributed by atoms with Crippen LogP contribution in [0.3, 0.4) is 0 Å². The first-order chi connectivity index (χ1) is 10.00. The Kier molecular flexibility index (Phi) is 7.12. The van der Waals surface area contributed by atoms with Crippen molar-refractivity contribution in [3.63, 3.8) is 0 Å². The highest BCUT2D eigenvalue weighted by Gasteiger charge is 2.20. The molecule has 6 nitrogen and oxygen atoms in total. The summed E-state index contributed by atoms with van der Waals surface area (Å²) >= 11 is 0. The van der Waals surface area contributed by atoms with E-state index in [4.69, 9.17) is 0 Å². The molecule has 2 rings (SSSR count). The van der Waals surface area contributed by atoms with Crippen molar-refractivity contribution in [1.29, 1.82) is 0 Å². The maximum Gasteiger partial charge on any atom is 0.232 e. The van der Waals surface area contributed by atoms with Gasteiger partial charge in [0.1, 0.15) is 0 Å². The Morgan fingerprint density at radius 1 is 1.27 bits per heavy atom. The lowest BCUT2D eigenvalue weighted by molar-refractivity contribution is -0.120. The normalized spacial score (nSPS) is 18.1. The molecule has 1 unspecified atom stereocenters. The SMILES string of the molecule is CCS(=O)(=O)Nc1ccc(NC(=O)C2CCCNC2)cc1.Cl. The molecule has 1 aliphatic rings. The van der Waals surface area contributed by atoms with Crippen molar-refractivity contribution in [3.8, 4) is 0 Å². The maximum atomic E-state index is 12.1. The maximum absolute atomic E-state index is 12.1. The molecule has 1 aromatic carbocycles. The van der Waals surface area contributed by atoms with E-state index in [1.54, 1.807) is 31.2 Å². The van der Waals surface area contributed by atoms with E-state index < -0.39 is 10.0 Å². The molecule has 1 heterocycles. The van der Waals surface area contributed by atoms with Crippen molar-refractivity contribution in [3.05, 3.63) is 24.3 Å². The molecule has 0 aliphatic carbocycles.